The first-order valence-electron chi connectivity index (χ1n) is 22.2. The highest BCUT2D eigenvalue weighted by Crippen LogP contribution is 2.42. The molecule has 4 aromatic heterocycles. The highest BCUT2D eigenvalue weighted by molar-refractivity contribution is 6.09. The molecule has 0 fully saturated rings. The van der Waals surface area contributed by atoms with Crippen molar-refractivity contribution in [2.75, 3.05) is 0 Å². The highest BCUT2D eigenvalue weighted by Gasteiger charge is 2.29. The number of rotatable bonds is 8. The fourth-order valence-corrected chi connectivity index (χ4v) is 8.44. The molecule has 0 aliphatic heterocycles. The van der Waals surface area contributed by atoms with Crippen LogP contribution in [-0.2, 0) is 7.05 Å². The van der Waals surface area contributed by atoms with Crippen molar-refractivity contribution in [2.45, 2.75) is 6.92 Å². The molecule has 11 rings (SSSR count). The molecule has 0 unspecified atom stereocenters. The zero-order valence-corrected chi connectivity index (χ0v) is 32.8. The van der Waals surface area contributed by atoms with Crippen LogP contribution in [0.3, 0.4) is 0 Å². The van der Waals surface area contributed by atoms with Crippen LogP contribution in [0.25, 0.3) is 89.2 Å². The molecule has 0 saturated heterocycles. The van der Waals surface area contributed by atoms with Crippen molar-refractivity contribution in [1.29, 1.82) is 0 Å². The summed E-state index contributed by atoms with van der Waals surface area (Å²) < 4.78 is 61.1. The van der Waals surface area contributed by atoms with Gasteiger partial charge in [-0.15, -0.1) is 0 Å². The lowest BCUT2D eigenvalue weighted by molar-refractivity contribution is -0.659. The number of aromatic nitrogens is 4. The van der Waals surface area contributed by atoms with Gasteiger partial charge in [-0.05, 0) is 76.7 Å². The van der Waals surface area contributed by atoms with Crippen LogP contribution in [0.4, 0.5) is 0 Å². The van der Waals surface area contributed by atoms with E-state index in [1.807, 2.05) is 79.7 Å². The summed E-state index contributed by atoms with van der Waals surface area (Å²) in [6, 6.07) is 49.7. The molecule has 0 saturated carbocycles. The molecule has 60 heavy (non-hydrogen) atoms. The number of imidazole rings is 1. The Balaban J connectivity index is 0.972. The van der Waals surface area contributed by atoms with Gasteiger partial charge in [-0.25, -0.2) is 9.55 Å². The molecule has 0 radical (unpaired) electrons. The van der Waals surface area contributed by atoms with Crippen molar-refractivity contribution in [3.63, 3.8) is 0 Å². The van der Waals surface area contributed by atoms with E-state index in [2.05, 4.69) is 106 Å². The minimum absolute atomic E-state index is 0.125. The van der Waals surface area contributed by atoms with Gasteiger partial charge in [-0.3, -0.25) is 4.57 Å². The van der Waals surface area contributed by atoms with Crippen LogP contribution < -0.4 is 9.30 Å². The third-order valence-corrected chi connectivity index (χ3v) is 11.2. The van der Waals surface area contributed by atoms with Crippen molar-refractivity contribution in [1.82, 2.24) is 14.0 Å². The quantitative estimate of drug-likeness (QED) is 0.144. The average molecular weight is 781 g/mol. The summed E-state index contributed by atoms with van der Waals surface area (Å²) in [5.74, 6) is 1.90. The van der Waals surface area contributed by atoms with E-state index in [1.165, 1.54) is 0 Å². The van der Waals surface area contributed by atoms with Crippen LogP contribution in [0, 0.1) is 6.92 Å². The predicted octanol–water partition coefficient (Wildman–Crippen LogP) is 13.3. The molecule has 0 N–H and O–H groups in total. The molecule has 0 aliphatic rings. The minimum Gasteiger partial charge on any atom is -0.457 e. The van der Waals surface area contributed by atoms with Gasteiger partial charge in [0.2, 0.25) is 5.69 Å². The van der Waals surface area contributed by atoms with Crippen LogP contribution in [0.2, 0.25) is 0 Å². The first kappa shape index (κ1) is 30.2. The Morgan fingerprint density at radius 3 is 2.03 bits per heavy atom. The molecule has 0 atom stereocenters. The molecule has 0 spiro atoms. The Kier molecular flexibility index (Phi) is 7.27. The maximum absolute atomic E-state index is 8.57. The third-order valence-electron chi connectivity index (χ3n) is 11.2. The zero-order valence-electron chi connectivity index (χ0n) is 37.8. The predicted molar refractivity (Wildman–Crippen MR) is 241 cm³/mol. The summed E-state index contributed by atoms with van der Waals surface area (Å²) in [6.07, 6.45) is 5.45. The number of hydrogen-bond donors (Lipinski definition) is 0. The smallest absolute Gasteiger partial charge is 0.343 e. The lowest BCUT2D eigenvalue weighted by Crippen LogP contribution is -2.28. The molecule has 6 nitrogen and oxygen atoms in total. The van der Waals surface area contributed by atoms with Crippen LogP contribution in [-0.4, -0.2) is 14.0 Å². The number of ether oxygens (including phenoxy) is 1. The molecular formula is C54H39N4O2+. The summed E-state index contributed by atoms with van der Waals surface area (Å²) >= 11 is 0. The number of aryl methyl sites for hydroxylation is 2. The number of hydrogen-bond acceptors (Lipinski definition) is 3. The average Bonchev–Trinajstić information content (AvgIpc) is 4.00. The second-order valence-electron chi connectivity index (χ2n) is 14.9. The second-order valence-corrected chi connectivity index (χ2v) is 14.9. The van der Waals surface area contributed by atoms with Crippen LogP contribution in [0.5, 0.6) is 11.5 Å². The van der Waals surface area contributed by atoms with Gasteiger partial charge >= 0.3 is 5.71 Å². The zero-order chi connectivity index (χ0) is 44.5. The fourth-order valence-electron chi connectivity index (χ4n) is 8.44. The van der Waals surface area contributed by atoms with Gasteiger partial charge in [0.25, 0.3) is 6.33 Å². The van der Waals surface area contributed by atoms with Crippen molar-refractivity contribution in [2.24, 2.45) is 7.05 Å². The van der Waals surface area contributed by atoms with Crippen molar-refractivity contribution < 1.29 is 20.6 Å². The van der Waals surface area contributed by atoms with E-state index in [4.69, 9.17) is 21.0 Å². The Labute approximate surface area is 354 Å². The topological polar surface area (TPSA) is 48.5 Å². The normalized spacial score (nSPS) is 12.7. The third kappa shape index (κ3) is 5.96. The fraction of sp³-hybridized carbons (Fsp3) is 0.0370. The van der Waals surface area contributed by atoms with Gasteiger partial charge in [0.05, 0.1) is 24.9 Å². The van der Waals surface area contributed by atoms with Gasteiger partial charge in [0.1, 0.15) is 23.6 Å². The number of pyridine rings is 1. The van der Waals surface area contributed by atoms with Gasteiger partial charge in [-0.1, -0.05) is 139 Å². The van der Waals surface area contributed by atoms with Gasteiger partial charge in [0, 0.05) is 39.7 Å². The maximum Gasteiger partial charge on any atom is 0.343 e. The Hall–Kier alpha value is -7.96. The maximum atomic E-state index is 8.57. The molecule has 286 valence electrons. The Morgan fingerprint density at radius 2 is 1.28 bits per heavy atom. The second kappa shape index (κ2) is 14.5. The lowest BCUT2D eigenvalue weighted by atomic mass is 9.90. The molecule has 0 bridgehead atoms. The summed E-state index contributed by atoms with van der Waals surface area (Å²) in [5, 5.41) is 2.05. The number of fused-ring (bicyclic) bond motifs is 4. The lowest BCUT2D eigenvalue weighted by Gasteiger charge is -2.14. The van der Waals surface area contributed by atoms with Crippen molar-refractivity contribution in [3.05, 3.63) is 206 Å². The van der Waals surface area contributed by atoms with Crippen LogP contribution in [0.1, 0.15) is 12.4 Å². The van der Waals surface area contributed by atoms with Gasteiger partial charge < -0.3 is 9.15 Å². The summed E-state index contributed by atoms with van der Waals surface area (Å²) in [4.78, 5) is 4.84. The molecule has 4 heterocycles. The molecule has 6 heteroatoms. The van der Waals surface area contributed by atoms with Crippen LogP contribution >= 0.6 is 0 Å². The van der Waals surface area contributed by atoms with Crippen molar-refractivity contribution in [3.8, 4) is 73.2 Å². The van der Waals surface area contributed by atoms with Gasteiger partial charge in [-0.2, -0.15) is 4.40 Å². The van der Waals surface area contributed by atoms with E-state index in [1.54, 1.807) is 12.5 Å². The first-order valence-corrected chi connectivity index (χ1v) is 19.7. The number of benzene rings is 7. The minimum atomic E-state index is -0.428. The first-order chi connectivity index (χ1) is 31.7. The largest absolute Gasteiger partial charge is 0.457 e. The Morgan fingerprint density at radius 1 is 0.617 bits per heavy atom. The summed E-state index contributed by atoms with van der Waals surface area (Å²) in [6.45, 7) is 1.87. The summed E-state index contributed by atoms with van der Waals surface area (Å²) in [7, 11) is 2.05. The summed E-state index contributed by atoms with van der Waals surface area (Å²) in [5.41, 5.74) is 12.1. The number of para-hydroxylation sites is 1. The molecule has 0 aliphatic carbocycles. The molecule has 11 aromatic rings. The van der Waals surface area contributed by atoms with E-state index in [0.29, 0.717) is 22.9 Å². The van der Waals surface area contributed by atoms with E-state index in [9.17, 15) is 0 Å². The standard InChI is InChI=1S/C54H39N4O2/c1-36-30-51(55-33-47(36)39-20-10-5-11-21-39)58-48-27-13-12-24-45(48)46-29-28-42(32-49(46)58)60-41-23-14-22-40(31-41)50-34-59-54-53(56(2)35-57(50)54)52-43(37-16-6-3-7-17-37)25-15-26-44(52)38-18-8-4-9-19-38/h3-35H,1-2H3/q+1/i5D,10D,11D,20D,21D. The Bertz CT molecular complexity index is 3580. The monoisotopic (exact) mass is 780 g/mol. The van der Waals surface area contributed by atoms with Crippen molar-refractivity contribution >= 4 is 27.5 Å². The molecule has 7 aromatic carbocycles. The van der Waals surface area contributed by atoms with Gasteiger partial charge in [0.15, 0.2) is 5.69 Å². The number of oxazole rings is 1. The molecular weight excluding hydrogens is 737 g/mol. The highest BCUT2D eigenvalue weighted by atomic mass is 16.5. The SMILES string of the molecule is [2H]c1c([2H])c([2H])c(-c2cnc(-n3c4ccccc4c4ccc(Oc5cccc(-c6coc7c(-c8c(-c9ccccc9)cccc8-c8ccccc8)[n+](C)cn67)c5)cc43)cc2C)c([2H])c1[2H]. The van der Waals surface area contributed by atoms with Crippen LogP contribution in [0.15, 0.2) is 205 Å². The number of nitrogens with zero attached hydrogens (tertiary/aromatic N) is 4. The van der Waals surface area contributed by atoms with E-state index in [-0.39, 0.29) is 29.7 Å². The van der Waals surface area contributed by atoms with E-state index >= 15 is 0 Å². The van der Waals surface area contributed by atoms with E-state index < -0.39 is 6.04 Å². The molecule has 0 amide bonds. The van der Waals surface area contributed by atoms with E-state index in [0.717, 1.165) is 77.9 Å².